The summed E-state index contributed by atoms with van der Waals surface area (Å²) in [4.78, 5) is 28.0. The minimum absolute atomic E-state index is 0.00830. The summed E-state index contributed by atoms with van der Waals surface area (Å²) >= 11 is 0. The Morgan fingerprint density at radius 3 is 2.27 bits per heavy atom. The maximum absolute atomic E-state index is 12.3. The minimum atomic E-state index is -0.0849. The summed E-state index contributed by atoms with van der Waals surface area (Å²) in [6.45, 7) is 4.12. The molecule has 0 saturated heterocycles. The number of amides is 2. The summed E-state index contributed by atoms with van der Waals surface area (Å²) < 4.78 is 5.47. The Morgan fingerprint density at radius 2 is 1.65 bits per heavy atom. The molecule has 1 aromatic carbocycles. The van der Waals surface area contributed by atoms with Gasteiger partial charge in [-0.2, -0.15) is 0 Å². The van der Waals surface area contributed by atoms with Crippen molar-refractivity contribution in [1.29, 1.82) is 0 Å². The van der Waals surface area contributed by atoms with E-state index in [1.807, 2.05) is 19.1 Å². The largest absolute Gasteiger partial charge is 0.508 e. The fraction of sp³-hybridized carbons (Fsp3) is 0.300. The topological polar surface area (TPSA) is 70.1 Å². The number of phenols is 1. The molecule has 2 aliphatic rings. The van der Waals surface area contributed by atoms with Crippen molar-refractivity contribution in [1.82, 2.24) is 9.80 Å². The van der Waals surface area contributed by atoms with Gasteiger partial charge in [-0.25, -0.2) is 0 Å². The number of aromatic hydroxyl groups is 1. The van der Waals surface area contributed by atoms with Crippen LogP contribution in [-0.2, 0) is 9.59 Å². The molecule has 0 atom stereocenters. The highest BCUT2D eigenvalue weighted by Crippen LogP contribution is 2.26. The molecule has 0 radical (unpaired) electrons. The lowest BCUT2D eigenvalue weighted by Gasteiger charge is -2.22. The minimum Gasteiger partial charge on any atom is -0.508 e. The van der Waals surface area contributed by atoms with Crippen LogP contribution in [0.1, 0.15) is 6.92 Å². The molecule has 1 N–H and O–H groups in total. The molecule has 2 aliphatic heterocycles. The van der Waals surface area contributed by atoms with E-state index in [2.05, 4.69) is 0 Å². The summed E-state index contributed by atoms with van der Waals surface area (Å²) in [5.41, 5.74) is 2.30. The van der Waals surface area contributed by atoms with Crippen LogP contribution in [0.5, 0.6) is 11.5 Å². The van der Waals surface area contributed by atoms with Crippen molar-refractivity contribution >= 4 is 11.8 Å². The molecule has 0 saturated carbocycles. The van der Waals surface area contributed by atoms with Crippen LogP contribution in [0.3, 0.4) is 0 Å². The highest BCUT2D eigenvalue weighted by Gasteiger charge is 2.33. The molecule has 1 aromatic rings. The van der Waals surface area contributed by atoms with E-state index in [4.69, 9.17) is 4.74 Å². The van der Waals surface area contributed by atoms with Crippen LogP contribution in [0.25, 0.3) is 0 Å². The number of rotatable bonds is 5. The molecule has 6 nitrogen and oxygen atoms in total. The van der Waals surface area contributed by atoms with E-state index in [1.54, 1.807) is 34.1 Å². The van der Waals surface area contributed by atoms with E-state index in [1.165, 1.54) is 12.1 Å². The number of allylic oxidation sites excluding steroid dienone is 3. The van der Waals surface area contributed by atoms with Crippen molar-refractivity contribution in [3.8, 4) is 11.5 Å². The van der Waals surface area contributed by atoms with Gasteiger partial charge in [0.25, 0.3) is 5.91 Å². The summed E-state index contributed by atoms with van der Waals surface area (Å²) in [5, 5.41) is 9.25. The van der Waals surface area contributed by atoms with Crippen molar-refractivity contribution in [2.75, 3.05) is 32.8 Å². The fourth-order valence-electron chi connectivity index (χ4n) is 3.05. The molecule has 6 heteroatoms. The molecule has 26 heavy (non-hydrogen) atoms. The lowest BCUT2D eigenvalue weighted by molar-refractivity contribution is -0.132. The molecule has 0 bridgehead atoms. The van der Waals surface area contributed by atoms with E-state index in [-0.39, 0.29) is 24.2 Å². The van der Waals surface area contributed by atoms with E-state index in [0.717, 1.165) is 11.1 Å². The van der Waals surface area contributed by atoms with E-state index in [0.29, 0.717) is 31.9 Å². The Morgan fingerprint density at radius 1 is 1.04 bits per heavy atom. The number of nitrogens with zero attached hydrogens (tertiary/aromatic N) is 2. The van der Waals surface area contributed by atoms with Crippen molar-refractivity contribution < 1.29 is 19.4 Å². The smallest absolute Gasteiger partial charge is 0.261 e. The average molecular weight is 354 g/mol. The highest BCUT2D eigenvalue weighted by molar-refractivity contribution is 5.89. The predicted molar refractivity (Wildman–Crippen MR) is 97.7 cm³/mol. The zero-order valence-corrected chi connectivity index (χ0v) is 14.7. The molecule has 0 spiro atoms. The zero-order valence-electron chi connectivity index (χ0n) is 14.7. The first-order valence-electron chi connectivity index (χ1n) is 8.54. The molecule has 0 aromatic heterocycles. The monoisotopic (exact) mass is 354 g/mol. The number of hydrogen-bond donors (Lipinski definition) is 1. The summed E-state index contributed by atoms with van der Waals surface area (Å²) in [6.07, 6.45) is 7.00. The number of phenolic OH excluding ortho intramolecular Hbond substituents is 1. The van der Waals surface area contributed by atoms with Gasteiger partial charge in [0.05, 0.1) is 0 Å². The van der Waals surface area contributed by atoms with Crippen LogP contribution in [0.4, 0.5) is 0 Å². The number of benzene rings is 1. The molecule has 136 valence electrons. The van der Waals surface area contributed by atoms with Crippen molar-refractivity contribution in [3.05, 3.63) is 59.7 Å². The van der Waals surface area contributed by atoms with Crippen LogP contribution in [0.2, 0.25) is 0 Å². The molecular weight excluding hydrogens is 332 g/mol. The molecule has 0 aliphatic carbocycles. The highest BCUT2D eigenvalue weighted by atomic mass is 16.5. The first-order valence-corrected chi connectivity index (χ1v) is 8.54. The van der Waals surface area contributed by atoms with Gasteiger partial charge in [0, 0.05) is 32.3 Å². The summed E-state index contributed by atoms with van der Waals surface area (Å²) in [5.74, 6) is 0.605. The maximum atomic E-state index is 12.3. The van der Waals surface area contributed by atoms with Gasteiger partial charge in [-0.05, 0) is 42.3 Å². The van der Waals surface area contributed by atoms with Crippen LogP contribution in [0.15, 0.2) is 59.7 Å². The van der Waals surface area contributed by atoms with Crippen LogP contribution in [0, 0.1) is 0 Å². The molecule has 0 unspecified atom stereocenters. The van der Waals surface area contributed by atoms with Gasteiger partial charge in [0.1, 0.15) is 11.5 Å². The molecule has 2 amide bonds. The number of carbonyl (C=O) groups is 2. The second-order valence-electron chi connectivity index (χ2n) is 6.32. The standard InChI is InChI=1S/C20H22N2O4/c1-2-3-4-5-19(24)21-10-15-12-22(13-16(15)11-21)20(25)14-26-18-8-6-17(23)7-9-18/h2-9,23H,10-14H2,1H3/b3-2+,5-4+. The second kappa shape index (κ2) is 7.91. The van der Waals surface area contributed by atoms with Gasteiger partial charge < -0.3 is 19.6 Å². The van der Waals surface area contributed by atoms with Gasteiger partial charge in [-0.15, -0.1) is 0 Å². The lowest BCUT2D eigenvalue weighted by Crippen LogP contribution is -2.37. The quantitative estimate of drug-likeness (QED) is 0.498. The lowest BCUT2D eigenvalue weighted by atomic mass is 10.2. The summed E-state index contributed by atoms with van der Waals surface area (Å²) in [7, 11) is 0. The van der Waals surface area contributed by atoms with Gasteiger partial charge in [0.15, 0.2) is 6.61 Å². The van der Waals surface area contributed by atoms with Crippen molar-refractivity contribution in [2.45, 2.75) is 6.92 Å². The second-order valence-corrected chi connectivity index (χ2v) is 6.32. The van der Waals surface area contributed by atoms with Gasteiger partial charge in [0.2, 0.25) is 5.91 Å². The van der Waals surface area contributed by atoms with Gasteiger partial charge >= 0.3 is 0 Å². The Hall–Kier alpha value is -3.02. The van der Waals surface area contributed by atoms with Gasteiger partial charge in [-0.3, -0.25) is 9.59 Å². The fourth-order valence-corrected chi connectivity index (χ4v) is 3.05. The number of ether oxygens (including phenoxy) is 1. The van der Waals surface area contributed by atoms with E-state index < -0.39 is 0 Å². The average Bonchev–Trinajstić information content (AvgIpc) is 3.20. The third-order valence-electron chi connectivity index (χ3n) is 4.43. The number of hydrogen-bond acceptors (Lipinski definition) is 4. The first-order chi connectivity index (χ1) is 12.6. The number of carbonyl (C=O) groups excluding carboxylic acids is 2. The molecular formula is C20H22N2O4. The predicted octanol–water partition coefficient (Wildman–Crippen LogP) is 1.88. The summed E-state index contributed by atoms with van der Waals surface area (Å²) in [6, 6.07) is 6.27. The Bertz CT molecular complexity index is 760. The Labute approximate surface area is 152 Å². The maximum Gasteiger partial charge on any atom is 0.261 e. The normalized spacial score (nSPS) is 16.8. The third kappa shape index (κ3) is 4.14. The van der Waals surface area contributed by atoms with Crippen LogP contribution >= 0.6 is 0 Å². The van der Waals surface area contributed by atoms with Crippen molar-refractivity contribution in [3.63, 3.8) is 0 Å². The van der Waals surface area contributed by atoms with Crippen LogP contribution in [-0.4, -0.2) is 59.5 Å². The van der Waals surface area contributed by atoms with Crippen LogP contribution < -0.4 is 4.74 Å². The SMILES string of the molecule is C/C=C/C=C/C(=O)N1CC2=C(C1)CN(C(=O)COc1ccc(O)cc1)C2. The molecule has 0 fully saturated rings. The third-order valence-corrected chi connectivity index (χ3v) is 4.43. The van der Waals surface area contributed by atoms with E-state index >= 15 is 0 Å². The Balaban J connectivity index is 1.46. The molecule has 2 heterocycles. The first kappa shape index (κ1) is 17.8. The zero-order chi connectivity index (χ0) is 18.5. The van der Waals surface area contributed by atoms with Gasteiger partial charge in [-0.1, -0.05) is 18.2 Å². The molecule has 3 rings (SSSR count). The Kier molecular flexibility index (Phi) is 5.41. The van der Waals surface area contributed by atoms with Crippen molar-refractivity contribution in [2.24, 2.45) is 0 Å². The van der Waals surface area contributed by atoms with E-state index in [9.17, 15) is 14.7 Å².